The van der Waals surface area contributed by atoms with Gasteiger partial charge in [-0.2, -0.15) is 0 Å². The van der Waals surface area contributed by atoms with Crippen molar-refractivity contribution >= 4 is 5.69 Å². The molecule has 1 N–H and O–H groups in total. The number of aromatic nitrogens is 1. The van der Waals surface area contributed by atoms with E-state index in [-0.39, 0.29) is 6.04 Å². The summed E-state index contributed by atoms with van der Waals surface area (Å²) in [5.74, 6) is 1.11. The first kappa shape index (κ1) is 12.8. The Balaban J connectivity index is 2.68. The molecule has 1 aromatic heterocycles. The molecule has 0 spiro atoms. The third kappa shape index (κ3) is 3.70. The summed E-state index contributed by atoms with van der Waals surface area (Å²) in [5.41, 5.74) is 1.00. The highest BCUT2D eigenvalue weighted by molar-refractivity contribution is 5.45. The second-order valence-corrected chi connectivity index (χ2v) is 4.04. The number of hydrogen-bond donors (Lipinski definition) is 1. The van der Waals surface area contributed by atoms with E-state index in [9.17, 15) is 0 Å². The molecular formula is C12H20N2O2. The van der Waals surface area contributed by atoms with Gasteiger partial charge in [0.2, 0.25) is 5.88 Å². The average Bonchev–Trinajstić information content (AvgIpc) is 2.28. The van der Waals surface area contributed by atoms with Crippen LogP contribution in [0.3, 0.4) is 0 Å². The number of nitrogens with one attached hydrogen (secondary N) is 1. The lowest BCUT2D eigenvalue weighted by atomic mass is 10.1. The second-order valence-electron chi connectivity index (χ2n) is 4.04. The highest BCUT2D eigenvalue weighted by Gasteiger charge is 2.12. The zero-order valence-electron chi connectivity index (χ0n) is 10.4. The van der Waals surface area contributed by atoms with E-state index in [1.165, 1.54) is 0 Å². The number of rotatable bonds is 6. The van der Waals surface area contributed by atoms with Gasteiger partial charge < -0.3 is 14.8 Å². The van der Waals surface area contributed by atoms with E-state index in [2.05, 4.69) is 24.1 Å². The lowest BCUT2D eigenvalue weighted by Crippen LogP contribution is -2.30. The van der Waals surface area contributed by atoms with Gasteiger partial charge in [-0.25, -0.2) is 4.98 Å². The van der Waals surface area contributed by atoms with Crippen LogP contribution in [0.1, 0.15) is 13.8 Å². The van der Waals surface area contributed by atoms with Crippen molar-refractivity contribution in [2.24, 2.45) is 5.92 Å². The van der Waals surface area contributed by atoms with Gasteiger partial charge in [-0.15, -0.1) is 0 Å². The van der Waals surface area contributed by atoms with E-state index in [0.717, 1.165) is 5.69 Å². The van der Waals surface area contributed by atoms with Crippen molar-refractivity contribution in [2.45, 2.75) is 19.9 Å². The molecule has 16 heavy (non-hydrogen) atoms. The van der Waals surface area contributed by atoms with Gasteiger partial charge in [0.1, 0.15) is 0 Å². The Kier molecular flexibility index (Phi) is 5.05. The van der Waals surface area contributed by atoms with Crippen LogP contribution >= 0.6 is 0 Å². The maximum Gasteiger partial charge on any atom is 0.214 e. The van der Waals surface area contributed by atoms with Crippen LogP contribution in [0.15, 0.2) is 18.3 Å². The second kappa shape index (κ2) is 6.33. The van der Waals surface area contributed by atoms with Gasteiger partial charge in [0, 0.05) is 25.1 Å². The number of nitrogens with zero attached hydrogens (tertiary/aromatic N) is 1. The van der Waals surface area contributed by atoms with Gasteiger partial charge in [0.05, 0.1) is 19.8 Å². The molecule has 1 heterocycles. The minimum Gasteiger partial charge on any atom is -0.481 e. The van der Waals surface area contributed by atoms with E-state index in [1.807, 2.05) is 12.1 Å². The molecule has 0 aliphatic carbocycles. The molecule has 1 rings (SSSR count). The Bertz CT molecular complexity index is 316. The number of anilines is 1. The van der Waals surface area contributed by atoms with Crippen LogP contribution in [0, 0.1) is 5.92 Å². The van der Waals surface area contributed by atoms with Crippen molar-refractivity contribution in [3.8, 4) is 5.88 Å². The van der Waals surface area contributed by atoms with Crippen molar-refractivity contribution < 1.29 is 9.47 Å². The Labute approximate surface area is 97.0 Å². The molecule has 0 bridgehead atoms. The quantitative estimate of drug-likeness (QED) is 0.804. The fraction of sp³-hybridized carbons (Fsp3) is 0.583. The van der Waals surface area contributed by atoms with Crippen molar-refractivity contribution in [2.75, 3.05) is 26.1 Å². The summed E-state index contributed by atoms with van der Waals surface area (Å²) in [6.07, 6.45) is 1.73. The molecule has 0 fully saturated rings. The predicted molar refractivity (Wildman–Crippen MR) is 64.9 cm³/mol. The summed E-state index contributed by atoms with van der Waals surface area (Å²) in [5, 5.41) is 3.41. The summed E-state index contributed by atoms with van der Waals surface area (Å²) in [6, 6.07) is 4.09. The number of pyridine rings is 1. The normalized spacial score (nSPS) is 12.6. The van der Waals surface area contributed by atoms with Gasteiger partial charge in [-0.05, 0) is 12.0 Å². The van der Waals surface area contributed by atoms with Crippen LogP contribution in [0.2, 0.25) is 0 Å². The molecule has 0 aliphatic rings. The Morgan fingerprint density at radius 2 is 2.12 bits per heavy atom. The molecule has 1 atom stereocenters. The third-order valence-corrected chi connectivity index (χ3v) is 2.45. The van der Waals surface area contributed by atoms with Crippen LogP contribution in [0.5, 0.6) is 5.88 Å². The average molecular weight is 224 g/mol. The van der Waals surface area contributed by atoms with Crippen LogP contribution in [-0.4, -0.2) is 31.9 Å². The smallest absolute Gasteiger partial charge is 0.214 e. The van der Waals surface area contributed by atoms with Crippen molar-refractivity contribution in [3.63, 3.8) is 0 Å². The summed E-state index contributed by atoms with van der Waals surface area (Å²) >= 11 is 0. The molecule has 0 saturated carbocycles. The topological polar surface area (TPSA) is 43.4 Å². The zero-order chi connectivity index (χ0) is 12.0. The van der Waals surface area contributed by atoms with Crippen LogP contribution in [0.4, 0.5) is 5.69 Å². The summed E-state index contributed by atoms with van der Waals surface area (Å²) in [7, 11) is 3.32. The fourth-order valence-corrected chi connectivity index (χ4v) is 1.41. The largest absolute Gasteiger partial charge is 0.481 e. The first-order valence-corrected chi connectivity index (χ1v) is 5.43. The van der Waals surface area contributed by atoms with Gasteiger partial charge in [-0.3, -0.25) is 0 Å². The number of ether oxygens (including phenoxy) is 2. The lowest BCUT2D eigenvalue weighted by molar-refractivity contribution is 0.171. The molecule has 4 nitrogen and oxygen atoms in total. The predicted octanol–water partition coefficient (Wildman–Crippen LogP) is 2.17. The first-order chi connectivity index (χ1) is 7.67. The van der Waals surface area contributed by atoms with E-state index >= 15 is 0 Å². The molecule has 90 valence electrons. The number of methoxy groups -OCH3 is 2. The van der Waals surface area contributed by atoms with Crippen LogP contribution < -0.4 is 10.1 Å². The van der Waals surface area contributed by atoms with E-state index < -0.39 is 0 Å². The molecule has 4 heteroatoms. The first-order valence-electron chi connectivity index (χ1n) is 5.43. The standard InChI is InChI=1S/C12H20N2O2/c1-9(2)11(8-15-3)14-10-5-6-13-12(7-10)16-4/h5-7,9,11H,8H2,1-4H3,(H,13,14). The molecule has 0 amide bonds. The lowest BCUT2D eigenvalue weighted by Gasteiger charge is -2.22. The SMILES string of the molecule is COCC(Nc1ccnc(OC)c1)C(C)C. The van der Waals surface area contributed by atoms with Crippen LogP contribution in [-0.2, 0) is 4.74 Å². The molecule has 0 aliphatic heterocycles. The molecule has 0 saturated heterocycles. The molecule has 1 aromatic rings. The third-order valence-electron chi connectivity index (χ3n) is 2.45. The molecule has 0 radical (unpaired) electrons. The highest BCUT2D eigenvalue weighted by atomic mass is 16.5. The molecule has 0 aromatic carbocycles. The summed E-state index contributed by atoms with van der Waals surface area (Å²) in [6.45, 7) is 5.01. The van der Waals surface area contributed by atoms with E-state index in [1.54, 1.807) is 20.4 Å². The Morgan fingerprint density at radius 3 is 2.69 bits per heavy atom. The van der Waals surface area contributed by atoms with Crippen molar-refractivity contribution in [1.82, 2.24) is 4.98 Å². The Hall–Kier alpha value is -1.29. The van der Waals surface area contributed by atoms with Gasteiger partial charge in [0.25, 0.3) is 0 Å². The van der Waals surface area contributed by atoms with Gasteiger partial charge in [-0.1, -0.05) is 13.8 Å². The Morgan fingerprint density at radius 1 is 1.38 bits per heavy atom. The molecular weight excluding hydrogens is 204 g/mol. The highest BCUT2D eigenvalue weighted by Crippen LogP contribution is 2.16. The van der Waals surface area contributed by atoms with Crippen molar-refractivity contribution in [3.05, 3.63) is 18.3 Å². The summed E-state index contributed by atoms with van der Waals surface area (Å²) in [4.78, 5) is 4.06. The van der Waals surface area contributed by atoms with Crippen LogP contribution in [0.25, 0.3) is 0 Å². The van der Waals surface area contributed by atoms with E-state index in [4.69, 9.17) is 9.47 Å². The van der Waals surface area contributed by atoms with Crippen molar-refractivity contribution in [1.29, 1.82) is 0 Å². The van der Waals surface area contributed by atoms with Gasteiger partial charge >= 0.3 is 0 Å². The maximum absolute atomic E-state index is 5.18. The monoisotopic (exact) mass is 224 g/mol. The zero-order valence-corrected chi connectivity index (χ0v) is 10.4. The maximum atomic E-state index is 5.18. The van der Waals surface area contributed by atoms with Gasteiger partial charge in [0.15, 0.2) is 0 Å². The minimum atomic E-state index is 0.289. The number of hydrogen-bond acceptors (Lipinski definition) is 4. The van der Waals surface area contributed by atoms with E-state index in [0.29, 0.717) is 18.4 Å². The fourth-order valence-electron chi connectivity index (χ4n) is 1.41. The summed E-state index contributed by atoms with van der Waals surface area (Å²) < 4.78 is 10.3. The molecule has 1 unspecified atom stereocenters. The minimum absolute atomic E-state index is 0.289.